The first-order valence-corrected chi connectivity index (χ1v) is 9.66. The lowest BCUT2D eigenvalue weighted by molar-refractivity contribution is -0.119. The number of amides is 1. The second-order valence-electron chi connectivity index (χ2n) is 5.46. The third kappa shape index (κ3) is 2.86. The van der Waals surface area contributed by atoms with Crippen molar-refractivity contribution in [1.82, 2.24) is 9.29 Å². The van der Waals surface area contributed by atoms with Crippen LogP contribution >= 0.6 is 11.3 Å². The number of benzene rings is 1. The van der Waals surface area contributed by atoms with Gasteiger partial charge >= 0.3 is 0 Å². The smallest absolute Gasteiger partial charge is 0.244 e. The van der Waals surface area contributed by atoms with Crippen molar-refractivity contribution in [2.24, 2.45) is 0 Å². The van der Waals surface area contributed by atoms with Gasteiger partial charge in [-0.3, -0.25) is 4.79 Å². The molecule has 6 nitrogen and oxygen atoms in total. The average Bonchev–Trinajstić information content (AvgIpc) is 3.04. The molecule has 0 bridgehead atoms. The molecule has 22 heavy (non-hydrogen) atoms. The molecule has 0 spiro atoms. The van der Waals surface area contributed by atoms with Crippen molar-refractivity contribution < 1.29 is 13.2 Å². The zero-order valence-electron chi connectivity index (χ0n) is 12.4. The van der Waals surface area contributed by atoms with Gasteiger partial charge in [-0.05, 0) is 31.4 Å². The number of para-hydroxylation sites is 1. The van der Waals surface area contributed by atoms with Crippen LogP contribution < -0.4 is 5.32 Å². The Kier molecular flexibility index (Phi) is 3.92. The molecule has 0 saturated carbocycles. The predicted molar refractivity (Wildman–Crippen MR) is 87.6 cm³/mol. The third-order valence-electron chi connectivity index (χ3n) is 3.78. The lowest BCUT2D eigenvalue weighted by Crippen LogP contribution is -2.42. The fourth-order valence-electron chi connectivity index (χ4n) is 2.73. The van der Waals surface area contributed by atoms with Crippen LogP contribution in [0.1, 0.15) is 18.4 Å². The van der Waals surface area contributed by atoms with Crippen LogP contribution in [0, 0.1) is 6.92 Å². The fourth-order valence-corrected chi connectivity index (χ4v) is 4.80. The van der Waals surface area contributed by atoms with Gasteiger partial charge in [0, 0.05) is 6.54 Å². The van der Waals surface area contributed by atoms with Gasteiger partial charge in [0.1, 0.15) is 6.04 Å². The largest absolute Gasteiger partial charge is 0.301 e. The molecular formula is C14H17N3O3S2. The van der Waals surface area contributed by atoms with Gasteiger partial charge in [0.05, 0.1) is 16.5 Å². The monoisotopic (exact) mass is 339 g/mol. The van der Waals surface area contributed by atoms with Gasteiger partial charge in [-0.1, -0.05) is 23.5 Å². The van der Waals surface area contributed by atoms with E-state index >= 15 is 0 Å². The molecule has 1 aliphatic heterocycles. The van der Waals surface area contributed by atoms with Crippen LogP contribution in [-0.4, -0.2) is 42.5 Å². The fraction of sp³-hybridized carbons (Fsp3) is 0.429. The Morgan fingerprint density at radius 2 is 2.23 bits per heavy atom. The molecule has 1 atom stereocenters. The molecule has 1 fully saturated rings. The highest BCUT2D eigenvalue weighted by molar-refractivity contribution is 7.88. The topological polar surface area (TPSA) is 79.4 Å². The number of nitrogens with one attached hydrogen (secondary N) is 1. The number of carbonyl (C=O) groups is 1. The Balaban J connectivity index is 1.82. The minimum absolute atomic E-state index is 0.306. The van der Waals surface area contributed by atoms with Crippen molar-refractivity contribution in [2.45, 2.75) is 25.8 Å². The quantitative estimate of drug-likeness (QED) is 0.927. The standard InChI is InChI=1S/C14H17N3O3S2/c1-9-5-3-7-11-12(9)15-14(21-11)16-13(18)10-6-4-8-17(10)22(2,19)20/h3,5,7,10H,4,6,8H2,1-2H3,(H,15,16,18)/t10-/m0/s1. The molecular weight excluding hydrogens is 322 g/mol. The van der Waals surface area contributed by atoms with Crippen molar-refractivity contribution in [3.05, 3.63) is 23.8 Å². The number of rotatable bonds is 3. The van der Waals surface area contributed by atoms with E-state index in [-0.39, 0.29) is 5.91 Å². The molecule has 118 valence electrons. The van der Waals surface area contributed by atoms with Crippen molar-refractivity contribution >= 4 is 42.6 Å². The van der Waals surface area contributed by atoms with Crippen LogP contribution in [0.5, 0.6) is 0 Å². The van der Waals surface area contributed by atoms with E-state index in [0.717, 1.165) is 22.0 Å². The van der Waals surface area contributed by atoms with Gasteiger partial charge in [0.15, 0.2) is 5.13 Å². The summed E-state index contributed by atoms with van der Waals surface area (Å²) in [6, 6.07) is 5.23. The van der Waals surface area contributed by atoms with Crippen LogP contribution in [0.2, 0.25) is 0 Å². The highest BCUT2D eigenvalue weighted by Crippen LogP contribution is 2.29. The van der Waals surface area contributed by atoms with E-state index in [2.05, 4.69) is 10.3 Å². The van der Waals surface area contributed by atoms with Crippen LogP contribution in [-0.2, 0) is 14.8 Å². The highest BCUT2D eigenvalue weighted by atomic mass is 32.2. The lowest BCUT2D eigenvalue weighted by atomic mass is 10.2. The maximum absolute atomic E-state index is 12.4. The zero-order valence-corrected chi connectivity index (χ0v) is 14.0. The first kappa shape index (κ1) is 15.4. The van der Waals surface area contributed by atoms with E-state index in [1.54, 1.807) is 0 Å². The Labute approximate surface area is 133 Å². The molecule has 0 unspecified atom stereocenters. The predicted octanol–water partition coefficient (Wildman–Crippen LogP) is 1.97. The number of aromatic nitrogens is 1. The first-order chi connectivity index (χ1) is 10.4. The summed E-state index contributed by atoms with van der Waals surface area (Å²) in [6.07, 6.45) is 2.38. The summed E-state index contributed by atoms with van der Waals surface area (Å²) in [5.74, 6) is -0.306. The van der Waals surface area contributed by atoms with Crippen LogP contribution in [0.3, 0.4) is 0 Å². The SMILES string of the molecule is Cc1cccc2sc(NC(=O)[C@@H]3CCCN3S(C)(=O)=O)nc12. The second-order valence-corrected chi connectivity index (χ2v) is 8.43. The van der Waals surface area contributed by atoms with Crippen LogP contribution in [0.25, 0.3) is 10.2 Å². The minimum Gasteiger partial charge on any atom is -0.301 e. The average molecular weight is 339 g/mol. The molecule has 0 aliphatic carbocycles. The van der Waals surface area contributed by atoms with E-state index in [1.165, 1.54) is 15.6 Å². The van der Waals surface area contributed by atoms with Gasteiger partial charge < -0.3 is 5.32 Å². The number of fused-ring (bicyclic) bond motifs is 1. The van der Waals surface area contributed by atoms with E-state index in [4.69, 9.17) is 0 Å². The van der Waals surface area contributed by atoms with E-state index < -0.39 is 16.1 Å². The van der Waals surface area contributed by atoms with E-state index in [0.29, 0.717) is 24.5 Å². The van der Waals surface area contributed by atoms with E-state index in [1.807, 2.05) is 25.1 Å². The number of carbonyl (C=O) groups excluding carboxylic acids is 1. The lowest BCUT2D eigenvalue weighted by Gasteiger charge is -2.20. The van der Waals surface area contributed by atoms with Gasteiger partial charge in [0.2, 0.25) is 15.9 Å². The number of hydrogen-bond donors (Lipinski definition) is 1. The summed E-state index contributed by atoms with van der Waals surface area (Å²) in [7, 11) is -3.36. The van der Waals surface area contributed by atoms with Crippen LogP contribution in [0.15, 0.2) is 18.2 Å². The minimum atomic E-state index is -3.36. The number of nitrogens with zero attached hydrogens (tertiary/aromatic N) is 2. The van der Waals surface area contributed by atoms with E-state index in [9.17, 15) is 13.2 Å². The molecule has 2 aromatic rings. The van der Waals surface area contributed by atoms with Gasteiger partial charge in [-0.25, -0.2) is 13.4 Å². The molecule has 0 radical (unpaired) electrons. The molecule has 1 amide bonds. The Morgan fingerprint density at radius 3 is 2.91 bits per heavy atom. The number of aryl methyl sites for hydroxylation is 1. The molecule has 1 aromatic carbocycles. The molecule has 1 aliphatic rings. The third-order valence-corrected chi connectivity index (χ3v) is 6.01. The summed E-state index contributed by atoms with van der Waals surface area (Å²) in [5, 5.41) is 3.27. The Bertz CT molecular complexity index is 829. The number of sulfonamides is 1. The molecule has 1 saturated heterocycles. The normalized spacial score (nSPS) is 19.6. The van der Waals surface area contributed by atoms with Crippen molar-refractivity contribution in [2.75, 3.05) is 18.1 Å². The summed E-state index contributed by atoms with van der Waals surface area (Å²) in [4.78, 5) is 16.8. The number of anilines is 1. The molecule has 8 heteroatoms. The zero-order chi connectivity index (χ0) is 15.9. The molecule has 3 rings (SSSR count). The van der Waals surface area contributed by atoms with Gasteiger partial charge in [-0.15, -0.1) is 0 Å². The van der Waals surface area contributed by atoms with Crippen molar-refractivity contribution in [1.29, 1.82) is 0 Å². The molecule has 1 N–H and O–H groups in total. The first-order valence-electron chi connectivity index (χ1n) is 7.00. The molecule has 2 heterocycles. The highest BCUT2D eigenvalue weighted by Gasteiger charge is 2.36. The number of hydrogen-bond acceptors (Lipinski definition) is 5. The summed E-state index contributed by atoms with van der Waals surface area (Å²) in [6.45, 7) is 2.37. The Hall–Kier alpha value is -1.51. The van der Waals surface area contributed by atoms with Crippen LogP contribution in [0.4, 0.5) is 5.13 Å². The Morgan fingerprint density at radius 1 is 1.45 bits per heavy atom. The van der Waals surface area contributed by atoms with Gasteiger partial charge in [0.25, 0.3) is 0 Å². The summed E-state index contributed by atoms with van der Waals surface area (Å²) >= 11 is 1.40. The van der Waals surface area contributed by atoms with Gasteiger partial charge in [-0.2, -0.15) is 4.31 Å². The molecule has 1 aromatic heterocycles. The van der Waals surface area contributed by atoms with Crippen molar-refractivity contribution in [3.8, 4) is 0 Å². The second kappa shape index (κ2) is 5.60. The maximum Gasteiger partial charge on any atom is 0.244 e. The maximum atomic E-state index is 12.4. The number of thiazole rings is 1. The summed E-state index contributed by atoms with van der Waals surface area (Å²) < 4.78 is 25.7. The summed E-state index contributed by atoms with van der Waals surface area (Å²) in [5.41, 5.74) is 1.92. The van der Waals surface area contributed by atoms with Crippen molar-refractivity contribution in [3.63, 3.8) is 0 Å².